The topological polar surface area (TPSA) is 201 Å². The molecule has 16 nitrogen and oxygen atoms in total. The number of nitrogens with zero attached hydrogens (tertiary/aromatic N) is 5. The van der Waals surface area contributed by atoms with Crippen molar-refractivity contribution in [2.45, 2.75) is 134 Å². The van der Waals surface area contributed by atoms with E-state index >= 15 is 0 Å². The van der Waals surface area contributed by atoms with Crippen molar-refractivity contribution in [3.63, 3.8) is 0 Å². The van der Waals surface area contributed by atoms with Gasteiger partial charge < -0.3 is 41.0 Å². The number of nitrogens with two attached hydrogens (primary N) is 1. The van der Waals surface area contributed by atoms with Gasteiger partial charge in [-0.2, -0.15) is 0 Å². The summed E-state index contributed by atoms with van der Waals surface area (Å²) in [5, 5.41) is 10.00. The SMILES string of the molecule is CCC.CCC(C)C(C(CC(=O)N1CCCC1C(OC)C(C)C(=O)NC(CN)Cc1ccc(NC(=O)c2ccc3nc(CBr)c(CBr)nc3c2)cc1)OC)N(C)C(=O)CNC(=O)C(C(C)C)N(C)C. The van der Waals surface area contributed by atoms with Gasteiger partial charge in [-0.1, -0.05) is 105 Å². The summed E-state index contributed by atoms with van der Waals surface area (Å²) >= 11 is 6.92. The molecule has 0 spiro atoms. The predicted molar refractivity (Wildman–Crippen MR) is 281 cm³/mol. The first-order valence-electron chi connectivity index (χ1n) is 24.2. The molecule has 1 saturated heterocycles. The Kier molecular flexibility index (Phi) is 25.2. The number of anilines is 1. The van der Waals surface area contributed by atoms with Gasteiger partial charge in [0.25, 0.3) is 5.91 Å². The van der Waals surface area contributed by atoms with Crippen molar-refractivity contribution in [1.82, 2.24) is 35.3 Å². The third-order valence-electron chi connectivity index (χ3n) is 12.8. The molecule has 8 atom stereocenters. The highest BCUT2D eigenvalue weighted by Gasteiger charge is 2.42. The fourth-order valence-corrected chi connectivity index (χ4v) is 9.97. The summed E-state index contributed by atoms with van der Waals surface area (Å²) in [6, 6.07) is 11.1. The normalized spacial score (nSPS) is 16.7. The number of hydrogen-bond donors (Lipinski definition) is 4. The Morgan fingerprint density at radius 3 is 2.04 bits per heavy atom. The minimum absolute atomic E-state index is 0.0184. The highest BCUT2D eigenvalue weighted by atomic mass is 79.9. The van der Waals surface area contributed by atoms with Crippen molar-refractivity contribution < 1.29 is 33.4 Å². The van der Waals surface area contributed by atoms with E-state index in [1.165, 1.54) is 6.42 Å². The second kappa shape index (κ2) is 29.3. The largest absolute Gasteiger partial charge is 0.379 e. The monoisotopic (exact) mass is 1090 g/mol. The number of carbonyl (C=O) groups is 5. The lowest BCUT2D eigenvalue weighted by Gasteiger charge is -2.39. The smallest absolute Gasteiger partial charge is 0.255 e. The van der Waals surface area contributed by atoms with Crippen LogP contribution in [0.5, 0.6) is 0 Å². The summed E-state index contributed by atoms with van der Waals surface area (Å²) < 4.78 is 12.0. The van der Waals surface area contributed by atoms with Gasteiger partial charge in [0.1, 0.15) is 0 Å². The van der Waals surface area contributed by atoms with E-state index in [1.807, 2.05) is 71.0 Å². The first kappa shape index (κ1) is 59.2. The van der Waals surface area contributed by atoms with E-state index in [2.05, 4.69) is 71.6 Å². The molecule has 0 saturated carbocycles. The Hall–Kier alpha value is -4.07. The van der Waals surface area contributed by atoms with Gasteiger partial charge in [0.2, 0.25) is 23.6 Å². The van der Waals surface area contributed by atoms with Crippen LogP contribution in [0.3, 0.4) is 0 Å². The molecule has 0 radical (unpaired) electrons. The number of amides is 5. The molecular weight excluding hydrogens is 1010 g/mol. The number of aromatic nitrogens is 2. The van der Waals surface area contributed by atoms with E-state index < -0.39 is 24.2 Å². The summed E-state index contributed by atoms with van der Waals surface area (Å²) in [5.74, 6) is -1.74. The van der Waals surface area contributed by atoms with Gasteiger partial charge in [0, 0.05) is 62.3 Å². The zero-order valence-corrected chi connectivity index (χ0v) is 46.1. The first-order chi connectivity index (χ1) is 32.8. The maximum atomic E-state index is 14.2. The summed E-state index contributed by atoms with van der Waals surface area (Å²) in [6.45, 7) is 14.5. The van der Waals surface area contributed by atoms with Crippen LogP contribution in [0, 0.1) is 17.8 Å². The third kappa shape index (κ3) is 16.5. The van der Waals surface area contributed by atoms with Crippen molar-refractivity contribution in [3.8, 4) is 0 Å². The fourth-order valence-electron chi connectivity index (χ4n) is 9.07. The Morgan fingerprint density at radius 2 is 1.51 bits per heavy atom. The standard InChI is InChI=1S/C48H71Br2N9O7.C3H8/c1-11-29(4)44(58(8)42(61)27-52-48(64)43(28(2)3)57(6)7)40(65-9)23-41(60)59-20-12-13-39(59)45(66-10)30(5)46(62)54-34(26-51)21-31-14-17-33(18-15-31)53-47(63)32-16-19-35-36(22-32)56-38(25-50)37(24-49)55-35;1-3-2/h14-19,22,28-30,34,39-40,43-45H,11-13,20-21,23-27,51H2,1-10H3,(H,52,64)(H,53,63)(H,54,62);3H2,1-2H3. The maximum absolute atomic E-state index is 14.2. The van der Waals surface area contributed by atoms with E-state index in [9.17, 15) is 24.0 Å². The highest BCUT2D eigenvalue weighted by molar-refractivity contribution is 9.09. The Bertz CT molecular complexity index is 2120. The minimum atomic E-state index is -0.624. The molecule has 2 aromatic carbocycles. The number of halogens is 2. The molecule has 384 valence electrons. The molecule has 8 unspecified atom stereocenters. The number of nitrogens with one attached hydrogen (secondary N) is 3. The third-order valence-corrected chi connectivity index (χ3v) is 13.9. The number of likely N-dealkylation sites (N-methyl/N-ethyl adjacent to an activating group) is 2. The van der Waals surface area contributed by atoms with Crippen LogP contribution in [0.1, 0.15) is 108 Å². The zero-order valence-electron chi connectivity index (χ0n) is 42.9. The molecule has 0 aliphatic carbocycles. The molecule has 4 rings (SSSR count). The number of rotatable bonds is 24. The Labute approximate surface area is 427 Å². The average Bonchev–Trinajstić information content (AvgIpc) is 3.82. The van der Waals surface area contributed by atoms with Crippen molar-refractivity contribution in [1.29, 1.82) is 0 Å². The second-order valence-corrected chi connectivity index (χ2v) is 19.7. The van der Waals surface area contributed by atoms with E-state index in [1.54, 1.807) is 56.2 Å². The zero-order chi connectivity index (χ0) is 51.5. The minimum Gasteiger partial charge on any atom is -0.379 e. The molecule has 1 aromatic heterocycles. The summed E-state index contributed by atoms with van der Waals surface area (Å²) in [6.07, 6.45) is 2.64. The van der Waals surface area contributed by atoms with Crippen molar-refractivity contribution in [3.05, 3.63) is 65.0 Å². The van der Waals surface area contributed by atoms with Crippen LogP contribution >= 0.6 is 31.9 Å². The van der Waals surface area contributed by atoms with Gasteiger partial charge in [0.05, 0.1) is 71.6 Å². The number of ether oxygens (including phenoxy) is 2. The number of alkyl halides is 2. The van der Waals surface area contributed by atoms with Crippen LogP contribution < -0.4 is 21.7 Å². The quantitative estimate of drug-likeness (QED) is 0.0697. The highest BCUT2D eigenvalue weighted by Crippen LogP contribution is 2.30. The number of likely N-dealkylation sites (tertiary alicyclic amines) is 1. The van der Waals surface area contributed by atoms with Gasteiger partial charge in [-0.15, -0.1) is 0 Å². The lowest BCUT2D eigenvalue weighted by atomic mass is 9.90. The van der Waals surface area contributed by atoms with Gasteiger partial charge in [0.15, 0.2) is 0 Å². The van der Waals surface area contributed by atoms with Crippen LogP contribution in [0.15, 0.2) is 42.5 Å². The van der Waals surface area contributed by atoms with Crippen molar-refractivity contribution >= 4 is 78.1 Å². The summed E-state index contributed by atoms with van der Waals surface area (Å²) in [7, 11) is 8.48. The van der Waals surface area contributed by atoms with Crippen LogP contribution in [0.4, 0.5) is 5.69 Å². The lowest BCUT2D eigenvalue weighted by Crippen LogP contribution is -2.55. The molecule has 1 fully saturated rings. The number of carbonyl (C=O) groups excluding carboxylic acids is 5. The van der Waals surface area contributed by atoms with E-state index in [0.29, 0.717) is 52.3 Å². The molecule has 0 bridgehead atoms. The molecule has 18 heteroatoms. The first-order valence-corrected chi connectivity index (χ1v) is 26.5. The van der Waals surface area contributed by atoms with Gasteiger partial charge >= 0.3 is 0 Å². The average molecular weight is 1090 g/mol. The second-order valence-electron chi connectivity index (χ2n) is 18.6. The van der Waals surface area contributed by atoms with Gasteiger partial charge in [-0.05, 0) is 81.1 Å². The van der Waals surface area contributed by atoms with Crippen molar-refractivity contribution in [2.75, 3.05) is 60.3 Å². The molecule has 5 amide bonds. The molecule has 3 aromatic rings. The van der Waals surface area contributed by atoms with E-state index in [0.717, 1.165) is 29.8 Å². The fraction of sp³-hybridized carbons (Fsp3) is 0.627. The van der Waals surface area contributed by atoms with Crippen LogP contribution in [-0.4, -0.2) is 146 Å². The molecule has 5 N–H and O–H groups in total. The number of benzene rings is 2. The van der Waals surface area contributed by atoms with Gasteiger partial charge in [-0.25, -0.2) is 9.97 Å². The van der Waals surface area contributed by atoms with E-state index in [-0.39, 0.29) is 79.0 Å². The molecule has 1 aliphatic heterocycles. The Morgan fingerprint density at radius 1 is 0.884 bits per heavy atom. The molecule has 69 heavy (non-hydrogen) atoms. The number of hydrogen-bond acceptors (Lipinski definition) is 11. The Balaban J connectivity index is 0.00000409. The summed E-state index contributed by atoms with van der Waals surface area (Å²) in [4.78, 5) is 82.4. The van der Waals surface area contributed by atoms with Crippen LogP contribution in [-0.2, 0) is 45.7 Å². The maximum Gasteiger partial charge on any atom is 0.255 e. The number of methoxy groups -OCH3 is 2. The number of fused-ring (bicyclic) bond motifs is 1. The molecule has 2 heterocycles. The van der Waals surface area contributed by atoms with Crippen molar-refractivity contribution in [2.24, 2.45) is 23.5 Å². The van der Waals surface area contributed by atoms with E-state index in [4.69, 9.17) is 15.2 Å². The summed E-state index contributed by atoms with van der Waals surface area (Å²) in [5.41, 5.74) is 11.2. The predicted octanol–water partition coefficient (Wildman–Crippen LogP) is 6.70. The molecule has 1 aliphatic rings. The van der Waals surface area contributed by atoms with Crippen LogP contribution in [0.25, 0.3) is 11.0 Å². The van der Waals surface area contributed by atoms with Gasteiger partial charge in [-0.3, -0.25) is 28.9 Å². The van der Waals surface area contributed by atoms with Crippen LogP contribution in [0.2, 0.25) is 0 Å². The lowest BCUT2D eigenvalue weighted by molar-refractivity contribution is -0.146. The molecular formula is C51H79Br2N9O7.